The van der Waals surface area contributed by atoms with Gasteiger partial charge in [0.2, 0.25) is 0 Å². The van der Waals surface area contributed by atoms with Gasteiger partial charge >= 0.3 is 6.18 Å². The minimum absolute atomic E-state index is 0.270. The molecule has 0 aliphatic carbocycles. The molecule has 4 rings (SSSR count). The molecule has 0 unspecified atom stereocenters. The number of alkyl halides is 3. The summed E-state index contributed by atoms with van der Waals surface area (Å²) in [5.74, 6) is -0.876. The first kappa shape index (κ1) is 18.7. The van der Waals surface area contributed by atoms with Gasteiger partial charge in [0, 0.05) is 32.1 Å². The third kappa shape index (κ3) is 3.56. The fourth-order valence-corrected chi connectivity index (χ4v) is 3.06. The predicted molar refractivity (Wildman–Crippen MR) is 100 cm³/mol. The van der Waals surface area contributed by atoms with Crippen molar-refractivity contribution in [3.63, 3.8) is 0 Å². The molecule has 148 valence electrons. The Labute approximate surface area is 162 Å². The predicted octanol–water partition coefficient (Wildman–Crippen LogP) is 3.64. The number of aryl methyl sites for hydroxylation is 2. The van der Waals surface area contributed by atoms with Crippen molar-refractivity contribution in [2.45, 2.75) is 6.18 Å². The topological polar surface area (TPSA) is 77.6 Å². The first-order chi connectivity index (χ1) is 13.7. The molecular formula is C19H15F3N6O. The average molecular weight is 400 g/mol. The van der Waals surface area contributed by atoms with Crippen molar-refractivity contribution in [1.29, 1.82) is 0 Å². The monoisotopic (exact) mass is 400 g/mol. The molecule has 0 aliphatic heterocycles. The minimum atomic E-state index is -4.64. The first-order valence-electron chi connectivity index (χ1n) is 8.53. The smallest absolute Gasteiger partial charge is 0.319 e. The van der Waals surface area contributed by atoms with E-state index in [4.69, 9.17) is 0 Å². The van der Waals surface area contributed by atoms with Gasteiger partial charge in [0.1, 0.15) is 16.7 Å². The van der Waals surface area contributed by atoms with E-state index in [9.17, 15) is 18.0 Å². The maximum Gasteiger partial charge on any atom is 0.417 e. The third-order valence-electron chi connectivity index (χ3n) is 4.30. The number of aromatic nitrogens is 5. The lowest BCUT2D eigenvalue weighted by molar-refractivity contribution is -0.137. The fourth-order valence-electron chi connectivity index (χ4n) is 3.06. The number of hydrogen-bond acceptors (Lipinski definition) is 4. The zero-order valence-corrected chi connectivity index (χ0v) is 15.4. The Hall–Kier alpha value is -3.69. The van der Waals surface area contributed by atoms with Crippen molar-refractivity contribution < 1.29 is 18.0 Å². The molecule has 3 heterocycles. The van der Waals surface area contributed by atoms with E-state index < -0.39 is 23.2 Å². The van der Waals surface area contributed by atoms with Crippen LogP contribution in [0.25, 0.3) is 22.3 Å². The highest BCUT2D eigenvalue weighted by molar-refractivity contribution is 6.07. The summed E-state index contributed by atoms with van der Waals surface area (Å²) < 4.78 is 42.8. The molecule has 0 fully saturated rings. The number of anilines is 1. The van der Waals surface area contributed by atoms with Crippen LogP contribution in [0.3, 0.4) is 0 Å². The summed E-state index contributed by atoms with van der Waals surface area (Å²) in [4.78, 5) is 16.9. The minimum Gasteiger partial charge on any atom is -0.319 e. The normalized spacial score (nSPS) is 11.8. The van der Waals surface area contributed by atoms with Crippen molar-refractivity contribution in [2.24, 2.45) is 14.1 Å². The van der Waals surface area contributed by atoms with Gasteiger partial charge in [0.05, 0.1) is 23.0 Å². The average Bonchev–Trinajstić information content (AvgIpc) is 3.21. The summed E-state index contributed by atoms with van der Waals surface area (Å²) in [7, 11) is 3.42. The fraction of sp³-hybridized carbons (Fsp3) is 0.158. The summed E-state index contributed by atoms with van der Waals surface area (Å²) in [5, 5.41) is 11.1. The summed E-state index contributed by atoms with van der Waals surface area (Å²) in [6.07, 6.45) is 0.214. The molecule has 1 amide bonds. The Morgan fingerprint density at radius 1 is 1.03 bits per heavy atom. The first-order valence-corrected chi connectivity index (χ1v) is 8.53. The number of carbonyl (C=O) groups is 1. The number of rotatable bonds is 3. The lowest BCUT2D eigenvalue weighted by Crippen LogP contribution is -2.18. The number of benzene rings is 1. The second-order valence-electron chi connectivity index (χ2n) is 6.49. The number of halogens is 3. The van der Waals surface area contributed by atoms with Crippen LogP contribution in [0.4, 0.5) is 18.9 Å². The van der Waals surface area contributed by atoms with Gasteiger partial charge in [-0.25, -0.2) is 0 Å². The standard InChI is InChI=1S/C19H15F3N6O/c1-27-9-15-14(25-27)7-11(8-23-15)17-16(10-28(2)26-17)24-18(29)12-5-3-4-6-13(12)19(20,21)22/h3-10H,1-2H3,(H,24,29). The number of nitrogens with zero attached hydrogens (tertiary/aromatic N) is 5. The maximum atomic E-state index is 13.2. The van der Waals surface area contributed by atoms with Gasteiger partial charge in [-0.3, -0.25) is 19.1 Å². The Morgan fingerprint density at radius 3 is 2.52 bits per heavy atom. The van der Waals surface area contributed by atoms with Crippen LogP contribution in [0.1, 0.15) is 15.9 Å². The molecule has 0 saturated carbocycles. The molecule has 0 spiro atoms. The number of carbonyl (C=O) groups excluding carboxylic acids is 1. The number of nitrogens with one attached hydrogen (secondary N) is 1. The van der Waals surface area contributed by atoms with E-state index in [1.165, 1.54) is 23.0 Å². The van der Waals surface area contributed by atoms with Crippen LogP contribution in [0.15, 0.2) is 48.9 Å². The summed E-state index contributed by atoms with van der Waals surface area (Å²) >= 11 is 0. The van der Waals surface area contributed by atoms with E-state index >= 15 is 0 Å². The summed E-state index contributed by atoms with van der Waals surface area (Å²) in [6.45, 7) is 0. The summed E-state index contributed by atoms with van der Waals surface area (Å²) in [5.41, 5.74) is 1.09. The van der Waals surface area contributed by atoms with Crippen molar-refractivity contribution in [3.8, 4) is 11.3 Å². The third-order valence-corrected chi connectivity index (χ3v) is 4.30. The summed E-state index contributed by atoms with van der Waals surface area (Å²) in [6, 6.07) is 6.38. The number of pyridine rings is 1. The molecule has 1 N–H and O–H groups in total. The second kappa shape index (κ2) is 6.73. The van der Waals surface area contributed by atoms with Crippen LogP contribution in [-0.4, -0.2) is 30.5 Å². The molecular weight excluding hydrogens is 385 g/mol. The van der Waals surface area contributed by atoms with E-state index in [1.54, 1.807) is 37.2 Å². The van der Waals surface area contributed by atoms with Gasteiger partial charge in [-0.1, -0.05) is 12.1 Å². The van der Waals surface area contributed by atoms with Crippen LogP contribution in [0.2, 0.25) is 0 Å². The number of hydrogen-bond donors (Lipinski definition) is 1. The zero-order valence-electron chi connectivity index (χ0n) is 15.4. The van der Waals surface area contributed by atoms with Crippen molar-refractivity contribution in [3.05, 3.63) is 60.0 Å². The molecule has 0 aliphatic rings. The van der Waals surface area contributed by atoms with Crippen LogP contribution in [0, 0.1) is 0 Å². The Kier molecular flexibility index (Phi) is 4.33. The largest absolute Gasteiger partial charge is 0.417 e. The van der Waals surface area contributed by atoms with Gasteiger partial charge in [0.25, 0.3) is 5.91 Å². The van der Waals surface area contributed by atoms with Crippen LogP contribution >= 0.6 is 0 Å². The molecule has 0 radical (unpaired) electrons. The highest BCUT2D eigenvalue weighted by Gasteiger charge is 2.35. The molecule has 3 aromatic heterocycles. The van der Waals surface area contributed by atoms with E-state index in [0.717, 1.165) is 12.1 Å². The molecule has 10 heteroatoms. The lowest BCUT2D eigenvalue weighted by Gasteiger charge is -2.12. The molecule has 4 aromatic rings. The van der Waals surface area contributed by atoms with Gasteiger partial charge in [0.15, 0.2) is 0 Å². The number of fused-ring (bicyclic) bond motifs is 1. The van der Waals surface area contributed by atoms with Crippen molar-refractivity contribution in [1.82, 2.24) is 24.5 Å². The second-order valence-corrected chi connectivity index (χ2v) is 6.49. The van der Waals surface area contributed by atoms with E-state index in [-0.39, 0.29) is 5.69 Å². The molecule has 1 aromatic carbocycles. The Morgan fingerprint density at radius 2 is 1.76 bits per heavy atom. The molecule has 7 nitrogen and oxygen atoms in total. The van der Waals surface area contributed by atoms with E-state index in [0.29, 0.717) is 22.3 Å². The molecule has 29 heavy (non-hydrogen) atoms. The highest BCUT2D eigenvalue weighted by atomic mass is 19.4. The van der Waals surface area contributed by atoms with Gasteiger partial charge < -0.3 is 5.32 Å². The quantitative estimate of drug-likeness (QED) is 0.570. The molecule has 0 saturated heterocycles. The Bertz CT molecular complexity index is 1220. The van der Waals surface area contributed by atoms with Crippen LogP contribution in [-0.2, 0) is 20.3 Å². The van der Waals surface area contributed by atoms with E-state index in [2.05, 4.69) is 20.5 Å². The SMILES string of the molecule is Cn1cc(NC(=O)c2ccccc2C(F)(F)F)c(-c2cnc3cn(C)nc3c2)n1. The highest BCUT2D eigenvalue weighted by Crippen LogP contribution is 2.33. The van der Waals surface area contributed by atoms with Crippen molar-refractivity contribution in [2.75, 3.05) is 5.32 Å². The zero-order chi connectivity index (χ0) is 20.8. The maximum absolute atomic E-state index is 13.2. The van der Waals surface area contributed by atoms with Gasteiger partial charge in [-0.2, -0.15) is 23.4 Å². The van der Waals surface area contributed by atoms with Gasteiger partial charge in [-0.15, -0.1) is 0 Å². The van der Waals surface area contributed by atoms with Crippen LogP contribution in [0.5, 0.6) is 0 Å². The lowest BCUT2D eigenvalue weighted by atomic mass is 10.1. The number of amides is 1. The van der Waals surface area contributed by atoms with Crippen molar-refractivity contribution >= 4 is 22.6 Å². The van der Waals surface area contributed by atoms with E-state index in [1.807, 2.05) is 0 Å². The molecule has 0 bridgehead atoms. The Balaban J connectivity index is 1.71. The van der Waals surface area contributed by atoms with Crippen LogP contribution < -0.4 is 5.32 Å². The van der Waals surface area contributed by atoms with Gasteiger partial charge in [-0.05, 0) is 18.2 Å². The molecule has 0 atom stereocenters.